The SMILES string of the molecule is CCCCCCCCCC/C=C\CCCCCCCCCCCCCCCCCCCCCCCCCC(=O)NC(COP(=O)(O)OCC[N+](C)(C)C)C(O)CCCCCCCCC. The smallest absolute Gasteiger partial charge is 0.391 e. The summed E-state index contributed by atoms with van der Waals surface area (Å²) in [4.78, 5) is 23.1. The molecule has 0 bridgehead atoms. The third-order valence-corrected chi connectivity index (χ3v) is 14.0. The number of rotatable bonds is 52. The summed E-state index contributed by atoms with van der Waals surface area (Å²) in [5.41, 5.74) is 0. The lowest BCUT2D eigenvalue weighted by atomic mass is 10.0. The zero-order valence-corrected chi connectivity index (χ0v) is 44.4. The molecule has 3 N–H and O–H groups in total. The molecule has 0 radical (unpaired) electrons. The molecule has 0 spiro atoms. The third-order valence-electron chi connectivity index (χ3n) is 13.0. The number of unbranched alkanes of at least 4 members (excludes halogenated alkanes) is 37. The first-order chi connectivity index (χ1) is 31.0. The Morgan fingerprint density at radius 3 is 1.20 bits per heavy atom. The normalized spacial score (nSPS) is 14.0. The van der Waals surface area contributed by atoms with Gasteiger partial charge in [-0.1, -0.05) is 251 Å². The van der Waals surface area contributed by atoms with Crippen LogP contribution in [0.15, 0.2) is 12.2 Å². The fraction of sp³-hybridized carbons (Fsp3) is 0.945. The summed E-state index contributed by atoms with van der Waals surface area (Å²) in [6.45, 7) is 4.86. The number of aliphatic hydroxyl groups is 1. The molecule has 0 aliphatic rings. The lowest BCUT2D eigenvalue weighted by Crippen LogP contribution is -2.46. The van der Waals surface area contributed by atoms with E-state index in [4.69, 9.17) is 9.05 Å². The van der Waals surface area contributed by atoms with Crippen LogP contribution in [0.5, 0.6) is 0 Å². The largest absolute Gasteiger partial charge is 0.472 e. The number of nitrogens with one attached hydrogen (secondary N) is 1. The molecule has 1 amide bonds. The molecule has 0 aromatic rings. The van der Waals surface area contributed by atoms with Gasteiger partial charge in [-0.2, -0.15) is 0 Å². The summed E-state index contributed by atoms with van der Waals surface area (Å²) in [5, 5.41) is 13.9. The highest BCUT2D eigenvalue weighted by Gasteiger charge is 2.28. The number of carbonyl (C=O) groups is 1. The Morgan fingerprint density at radius 1 is 0.516 bits per heavy atom. The molecular formula is C55H112N2O6P+. The number of allylic oxidation sites excluding steroid dienone is 2. The zero-order chi connectivity index (χ0) is 47.1. The third kappa shape index (κ3) is 49.2. The Kier molecular flexibility index (Phi) is 46.8. The van der Waals surface area contributed by atoms with Crippen LogP contribution in [0.3, 0.4) is 0 Å². The average molecular weight is 928 g/mol. The first-order valence-corrected chi connectivity index (χ1v) is 29.5. The van der Waals surface area contributed by atoms with E-state index in [2.05, 4.69) is 31.3 Å². The number of likely N-dealkylation sites (N-methyl/N-ethyl adjacent to an activating group) is 1. The molecule has 64 heavy (non-hydrogen) atoms. The van der Waals surface area contributed by atoms with Gasteiger partial charge in [0, 0.05) is 6.42 Å². The van der Waals surface area contributed by atoms with Crippen molar-refractivity contribution in [2.24, 2.45) is 0 Å². The molecule has 3 atom stereocenters. The quantitative estimate of drug-likeness (QED) is 0.0243. The van der Waals surface area contributed by atoms with Crippen LogP contribution >= 0.6 is 7.82 Å². The number of carbonyl (C=O) groups excluding carboxylic acids is 1. The van der Waals surface area contributed by atoms with Crippen molar-refractivity contribution in [1.82, 2.24) is 5.32 Å². The minimum atomic E-state index is -4.30. The molecule has 0 aromatic carbocycles. The van der Waals surface area contributed by atoms with Crippen LogP contribution in [0.2, 0.25) is 0 Å². The number of phosphoric acid groups is 1. The number of hydrogen-bond acceptors (Lipinski definition) is 5. The summed E-state index contributed by atoms with van der Waals surface area (Å²) < 4.78 is 23.6. The van der Waals surface area contributed by atoms with Crippen LogP contribution in [-0.2, 0) is 18.4 Å². The van der Waals surface area contributed by atoms with E-state index in [0.717, 1.165) is 38.5 Å². The maximum Gasteiger partial charge on any atom is 0.472 e. The van der Waals surface area contributed by atoms with Crippen molar-refractivity contribution >= 4 is 13.7 Å². The predicted molar refractivity (Wildman–Crippen MR) is 277 cm³/mol. The van der Waals surface area contributed by atoms with E-state index in [1.807, 2.05) is 21.1 Å². The van der Waals surface area contributed by atoms with E-state index in [0.29, 0.717) is 23.9 Å². The van der Waals surface area contributed by atoms with Gasteiger partial charge in [0.1, 0.15) is 13.2 Å². The number of amides is 1. The molecule has 382 valence electrons. The molecule has 0 rings (SSSR count). The molecule has 0 fully saturated rings. The van der Waals surface area contributed by atoms with E-state index < -0.39 is 20.0 Å². The molecule has 0 saturated heterocycles. The molecule has 9 heteroatoms. The molecular weight excluding hydrogens is 816 g/mol. The minimum Gasteiger partial charge on any atom is -0.391 e. The molecule has 0 aliphatic carbocycles. The average Bonchev–Trinajstić information content (AvgIpc) is 3.25. The standard InChI is InChI=1S/C55H111N2O6P/c1-6-8-10-12-14-15-16-17-18-19-20-21-22-23-24-25-26-27-28-29-30-31-32-33-34-35-36-37-38-39-40-41-43-45-47-49-55(59)56-53(54(58)48-46-44-42-13-11-9-7-2)52-63-64(60,61)62-51-50-57(3,4)5/h19-20,53-54,58H,6-18,21-52H2,1-5H3,(H-,56,59,60,61)/p+1/b20-19-. The number of phosphoric ester groups is 1. The number of aliphatic hydroxyl groups excluding tert-OH is 1. The van der Waals surface area contributed by atoms with Gasteiger partial charge in [0.25, 0.3) is 0 Å². The van der Waals surface area contributed by atoms with Gasteiger partial charge >= 0.3 is 7.82 Å². The van der Waals surface area contributed by atoms with Gasteiger partial charge in [0.15, 0.2) is 0 Å². The van der Waals surface area contributed by atoms with Crippen LogP contribution in [-0.4, -0.2) is 73.4 Å². The Balaban J connectivity index is 3.76. The summed E-state index contributed by atoms with van der Waals surface area (Å²) in [6.07, 6.45) is 57.5. The van der Waals surface area contributed by atoms with Crippen molar-refractivity contribution in [1.29, 1.82) is 0 Å². The van der Waals surface area contributed by atoms with Crippen LogP contribution < -0.4 is 5.32 Å². The van der Waals surface area contributed by atoms with Crippen molar-refractivity contribution in [3.8, 4) is 0 Å². The highest BCUT2D eigenvalue weighted by molar-refractivity contribution is 7.47. The maximum absolute atomic E-state index is 12.9. The summed E-state index contributed by atoms with van der Waals surface area (Å²) >= 11 is 0. The first-order valence-electron chi connectivity index (χ1n) is 28.1. The van der Waals surface area contributed by atoms with Gasteiger partial charge in [0.2, 0.25) is 5.91 Å². The Morgan fingerprint density at radius 2 is 0.844 bits per heavy atom. The second kappa shape index (κ2) is 47.3. The van der Waals surface area contributed by atoms with Crippen molar-refractivity contribution in [2.75, 3.05) is 40.9 Å². The van der Waals surface area contributed by atoms with Crippen molar-refractivity contribution in [2.45, 2.75) is 296 Å². The predicted octanol–water partition coefficient (Wildman–Crippen LogP) is 16.7. The second-order valence-electron chi connectivity index (χ2n) is 20.7. The summed E-state index contributed by atoms with van der Waals surface area (Å²) in [5.74, 6) is -0.143. The number of hydrogen-bond donors (Lipinski definition) is 3. The molecule has 0 aliphatic heterocycles. The van der Waals surface area contributed by atoms with Crippen LogP contribution in [0.4, 0.5) is 0 Å². The Bertz CT molecular complexity index is 1050. The molecule has 3 unspecified atom stereocenters. The van der Waals surface area contributed by atoms with Gasteiger partial charge in [-0.15, -0.1) is 0 Å². The van der Waals surface area contributed by atoms with E-state index in [1.54, 1.807) is 0 Å². The molecule has 8 nitrogen and oxygen atoms in total. The summed E-state index contributed by atoms with van der Waals surface area (Å²) in [7, 11) is 1.63. The molecule has 0 heterocycles. The van der Waals surface area contributed by atoms with Crippen molar-refractivity contribution in [3.05, 3.63) is 12.2 Å². The maximum atomic E-state index is 12.9. The zero-order valence-electron chi connectivity index (χ0n) is 43.6. The van der Waals surface area contributed by atoms with Crippen LogP contribution in [0.1, 0.15) is 284 Å². The number of quaternary nitrogens is 1. The van der Waals surface area contributed by atoms with Gasteiger partial charge in [-0.05, 0) is 38.5 Å². The first kappa shape index (κ1) is 63.2. The van der Waals surface area contributed by atoms with E-state index in [9.17, 15) is 19.4 Å². The highest BCUT2D eigenvalue weighted by Crippen LogP contribution is 2.43. The molecule has 0 saturated carbocycles. The second-order valence-corrected chi connectivity index (χ2v) is 22.1. The fourth-order valence-corrected chi connectivity index (χ4v) is 9.31. The summed E-state index contributed by atoms with van der Waals surface area (Å²) in [6, 6.07) is -0.753. The van der Waals surface area contributed by atoms with Crippen molar-refractivity contribution in [3.63, 3.8) is 0 Å². The van der Waals surface area contributed by atoms with Crippen LogP contribution in [0.25, 0.3) is 0 Å². The van der Waals surface area contributed by atoms with E-state index in [1.165, 1.54) is 218 Å². The van der Waals surface area contributed by atoms with Gasteiger partial charge in [-0.3, -0.25) is 13.8 Å². The minimum absolute atomic E-state index is 0.0772. The fourth-order valence-electron chi connectivity index (χ4n) is 8.57. The van der Waals surface area contributed by atoms with Crippen LogP contribution in [0, 0.1) is 0 Å². The molecule has 0 aromatic heterocycles. The van der Waals surface area contributed by atoms with E-state index >= 15 is 0 Å². The Labute approximate surface area is 399 Å². The highest BCUT2D eigenvalue weighted by atomic mass is 31.2. The van der Waals surface area contributed by atoms with Gasteiger partial charge in [0.05, 0.1) is 39.9 Å². The topological polar surface area (TPSA) is 105 Å². The monoisotopic (exact) mass is 928 g/mol. The van der Waals surface area contributed by atoms with Gasteiger partial charge in [-0.25, -0.2) is 4.57 Å². The lowest BCUT2D eigenvalue weighted by molar-refractivity contribution is -0.870. The van der Waals surface area contributed by atoms with E-state index in [-0.39, 0.29) is 19.1 Å². The number of nitrogens with zero attached hydrogens (tertiary/aromatic N) is 1. The lowest BCUT2D eigenvalue weighted by Gasteiger charge is -2.26. The van der Waals surface area contributed by atoms with Crippen molar-refractivity contribution < 1.29 is 32.9 Å². The van der Waals surface area contributed by atoms with Gasteiger partial charge < -0.3 is 19.8 Å². The Hall–Kier alpha value is -0.760.